The van der Waals surface area contributed by atoms with Gasteiger partial charge in [0.05, 0.1) is 36.6 Å². The predicted molar refractivity (Wildman–Crippen MR) is 177 cm³/mol. The summed E-state index contributed by atoms with van der Waals surface area (Å²) in [4.78, 5) is 35.3. The largest absolute Gasteiger partial charge is 0.495 e. The molecule has 3 heterocycles. The zero-order valence-corrected chi connectivity index (χ0v) is 28.1. The molecule has 0 bridgehead atoms. The van der Waals surface area contributed by atoms with Gasteiger partial charge in [0.2, 0.25) is 5.60 Å². The third-order valence-electron chi connectivity index (χ3n) is 9.38. The lowest BCUT2D eigenvalue weighted by molar-refractivity contribution is -0.132. The first kappa shape index (κ1) is 33.3. The van der Waals surface area contributed by atoms with Crippen LogP contribution in [0.5, 0.6) is 11.5 Å². The van der Waals surface area contributed by atoms with Crippen LogP contribution in [0.1, 0.15) is 36.5 Å². The number of likely N-dealkylation sites (N-methyl/N-ethyl adjacent to an activating group) is 1. The molecule has 1 unspecified atom stereocenters. The first-order valence-corrected chi connectivity index (χ1v) is 17.5. The van der Waals surface area contributed by atoms with Gasteiger partial charge in [0.25, 0.3) is 15.9 Å². The summed E-state index contributed by atoms with van der Waals surface area (Å²) < 4.78 is 47.2. The molecule has 1 atom stereocenters. The van der Waals surface area contributed by atoms with E-state index in [1.165, 1.54) is 43.5 Å². The Morgan fingerprint density at radius 1 is 0.938 bits per heavy atom. The SMILES string of the molecule is CCOc1ccccc1C1(OC(=O)N2CCC(N3CCN(C)CC3)CC2)C(=O)N(S(=O)(=O)c2ccccc2OC)c2ccc(C#N)cc21. The molecule has 0 radical (unpaired) electrons. The van der Waals surface area contributed by atoms with E-state index in [2.05, 4.69) is 22.9 Å². The third-order valence-corrected chi connectivity index (χ3v) is 11.1. The number of anilines is 1. The van der Waals surface area contributed by atoms with Crippen molar-refractivity contribution in [1.29, 1.82) is 5.26 Å². The number of carbonyl (C=O) groups is 2. The Balaban J connectivity index is 1.45. The van der Waals surface area contributed by atoms with E-state index in [0.717, 1.165) is 39.0 Å². The van der Waals surface area contributed by atoms with Crippen molar-refractivity contribution in [2.24, 2.45) is 0 Å². The Morgan fingerprint density at radius 3 is 2.27 bits per heavy atom. The van der Waals surface area contributed by atoms with Crippen LogP contribution in [-0.2, 0) is 25.2 Å². The number of piperazine rings is 1. The maximum atomic E-state index is 15.0. The zero-order chi connectivity index (χ0) is 34.1. The normalized spacial score (nSPS) is 20.7. The number of methoxy groups -OCH3 is 1. The molecular formula is C35H39N5O7S. The molecule has 48 heavy (non-hydrogen) atoms. The van der Waals surface area contributed by atoms with Gasteiger partial charge >= 0.3 is 6.09 Å². The second-order valence-electron chi connectivity index (χ2n) is 12.1. The second-order valence-corrected chi connectivity index (χ2v) is 13.9. The molecule has 2 amide bonds. The maximum absolute atomic E-state index is 15.0. The van der Waals surface area contributed by atoms with E-state index >= 15 is 4.79 Å². The van der Waals surface area contributed by atoms with Crippen molar-refractivity contribution in [2.45, 2.75) is 36.3 Å². The summed E-state index contributed by atoms with van der Waals surface area (Å²) in [7, 11) is -1.18. The third kappa shape index (κ3) is 5.74. The van der Waals surface area contributed by atoms with E-state index in [4.69, 9.17) is 14.2 Å². The van der Waals surface area contributed by atoms with Gasteiger partial charge in [-0.1, -0.05) is 30.3 Å². The summed E-state index contributed by atoms with van der Waals surface area (Å²) in [5, 5.41) is 9.89. The minimum Gasteiger partial charge on any atom is -0.495 e. The number of amides is 2. The number of sulfonamides is 1. The van der Waals surface area contributed by atoms with Crippen LogP contribution in [-0.4, -0.2) is 101 Å². The van der Waals surface area contributed by atoms with Gasteiger partial charge in [0.15, 0.2) is 0 Å². The summed E-state index contributed by atoms with van der Waals surface area (Å²) in [5.41, 5.74) is -2.00. The number of hydrogen-bond donors (Lipinski definition) is 0. The van der Waals surface area contributed by atoms with E-state index in [-0.39, 0.29) is 45.4 Å². The maximum Gasteiger partial charge on any atom is 0.411 e. The summed E-state index contributed by atoms with van der Waals surface area (Å²) >= 11 is 0. The number of benzene rings is 3. The minimum absolute atomic E-state index is 0.0351. The summed E-state index contributed by atoms with van der Waals surface area (Å²) in [6.07, 6.45) is 0.702. The number of piperidine rings is 1. The van der Waals surface area contributed by atoms with Crippen molar-refractivity contribution in [2.75, 3.05) is 64.3 Å². The number of nitrogens with zero attached hydrogens (tertiary/aromatic N) is 5. The molecule has 0 aliphatic carbocycles. The fourth-order valence-electron chi connectivity index (χ4n) is 6.85. The molecule has 6 rings (SSSR count). The number of likely N-dealkylation sites (tertiary alicyclic amines) is 1. The zero-order valence-electron chi connectivity index (χ0n) is 27.3. The van der Waals surface area contributed by atoms with Gasteiger partial charge in [-0.25, -0.2) is 13.2 Å². The number of carbonyl (C=O) groups excluding carboxylic acids is 2. The van der Waals surface area contributed by atoms with Crippen LogP contribution in [0.2, 0.25) is 0 Å². The first-order valence-electron chi connectivity index (χ1n) is 16.1. The fraction of sp³-hybridized carbons (Fsp3) is 0.400. The Bertz CT molecular complexity index is 1850. The van der Waals surface area contributed by atoms with Crippen LogP contribution < -0.4 is 13.8 Å². The Kier molecular flexibility index (Phi) is 9.33. The Morgan fingerprint density at radius 2 is 1.60 bits per heavy atom. The van der Waals surface area contributed by atoms with Crippen molar-refractivity contribution in [3.63, 3.8) is 0 Å². The summed E-state index contributed by atoms with van der Waals surface area (Å²) in [6, 6.07) is 19.2. The van der Waals surface area contributed by atoms with Gasteiger partial charge in [0.1, 0.15) is 16.4 Å². The smallest absolute Gasteiger partial charge is 0.411 e. The lowest BCUT2D eigenvalue weighted by Crippen LogP contribution is -2.54. The van der Waals surface area contributed by atoms with Crippen molar-refractivity contribution in [3.8, 4) is 17.6 Å². The van der Waals surface area contributed by atoms with Crippen LogP contribution in [0.3, 0.4) is 0 Å². The van der Waals surface area contributed by atoms with E-state index < -0.39 is 27.6 Å². The van der Waals surface area contributed by atoms with Gasteiger partial charge < -0.3 is 24.0 Å². The molecule has 0 saturated carbocycles. The van der Waals surface area contributed by atoms with Gasteiger partial charge in [-0.05, 0) is 63.2 Å². The van der Waals surface area contributed by atoms with Gasteiger partial charge in [-0.2, -0.15) is 9.57 Å². The fourth-order valence-corrected chi connectivity index (χ4v) is 8.47. The molecule has 0 N–H and O–H groups in total. The van der Waals surface area contributed by atoms with Crippen LogP contribution in [0.25, 0.3) is 0 Å². The molecule has 2 saturated heterocycles. The number of hydrogen-bond acceptors (Lipinski definition) is 10. The molecule has 2 fully saturated rings. The number of rotatable bonds is 8. The number of fused-ring (bicyclic) bond motifs is 1. The molecule has 3 aromatic rings. The first-order chi connectivity index (χ1) is 23.1. The lowest BCUT2D eigenvalue weighted by Gasteiger charge is -2.42. The average molecular weight is 674 g/mol. The highest BCUT2D eigenvalue weighted by Gasteiger charge is 2.61. The van der Waals surface area contributed by atoms with E-state index in [1.807, 2.05) is 0 Å². The Labute approximate surface area is 281 Å². The molecule has 0 aromatic heterocycles. The van der Waals surface area contributed by atoms with E-state index in [9.17, 15) is 18.5 Å². The van der Waals surface area contributed by atoms with E-state index in [0.29, 0.717) is 23.4 Å². The van der Waals surface area contributed by atoms with Gasteiger partial charge in [-0.15, -0.1) is 0 Å². The quantitative estimate of drug-likeness (QED) is 0.348. The molecule has 3 aromatic carbocycles. The van der Waals surface area contributed by atoms with Crippen molar-refractivity contribution < 1.29 is 32.2 Å². The van der Waals surface area contributed by atoms with Crippen molar-refractivity contribution in [3.05, 3.63) is 83.4 Å². The minimum atomic E-state index is -4.63. The predicted octanol–water partition coefficient (Wildman–Crippen LogP) is 3.79. The topological polar surface area (TPSA) is 133 Å². The van der Waals surface area contributed by atoms with Crippen molar-refractivity contribution >= 4 is 27.7 Å². The highest BCUT2D eigenvalue weighted by molar-refractivity contribution is 7.93. The highest BCUT2D eigenvalue weighted by atomic mass is 32.2. The monoisotopic (exact) mass is 673 g/mol. The average Bonchev–Trinajstić information content (AvgIpc) is 3.36. The van der Waals surface area contributed by atoms with Crippen LogP contribution in [0, 0.1) is 11.3 Å². The Hall–Kier alpha value is -4.64. The van der Waals surface area contributed by atoms with Gasteiger partial charge in [0, 0.05) is 50.9 Å². The molecule has 3 aliphatic heterocycles. The van der Waals surface area contributed by atoms with Gasteiger partial charge in [-0.3, -0.25) is 9.69 Å². The molecule has 0 spiro atoms. The second kappa shape index (κ2) is 13.5. The number of para-hydroxylation sites is 2. The standard InChI is InChI=1S/C35H39N5O7S/c1-4-46-30-10-6-5-9-27(30)35(47-34(42)39-17-15-26(16-18-39)38-21-19-37(2)20-22-38)28-23-25(24-36)13-14-29(28)40(33(35)41)48(43,44)32-12-8-7-11-31(32)45-3/h5-14,23,26H,4,15-22H2,1-3H3. The van der Waals surface area contributed by atoms with Crippen LogP contribution in [0.4, 0.5) is 10.5 Å². The number of nitriles is 1. The molecular weight excluding hydrogens is 634 g/mol. The molecule has 252 valence electrons. The highest BCUT2D eigenvalue weighted by Crippen LogP contribution is 2.52. The summed E-state index contributed by atoms with van der Waals surface area (Å²) in [5.74, 6) is -0.765. The van der Waals surface area contributed by atoms with Crippen molar-refractivity contribution in [1.82, 2.24) is 14.7 Å². The lowest BCUT2D eigenvalue weighted by atomic mass is 9.85. The van der Waals surface area contributed by atoms with Crippen LogP contribution >= 0.6 is 0 Å². The van der Waals surface area contributed by atoms with Crippen LogP contribution in [0.15, 0.2) is 71.6 Å². The van der Waals surface area contributed by atoms with E-state index in [1.54, 1.807) is 42.2 Å². The molecule has 13 heteroatoms. The molecule has 3 aliphatic rings. The number of ether oxygens (including phenoxy) is 3. The summed E-state index contributed by atoms with van der Waals surface area (Å²) in [6.45, 7) is 6.72. The molecule has 12 nitrogen and oxygen atoms in total.